The van der Waals surface area contributed by atoms with Crippen LogP contribution in [-0.2, 0) is 7.05 Å². The summed E-state index contributed by atoms with van der Waals surface area (Å²) in [6, 6.07) is 5.96. The number of nitrogens with zero attached hydrogens (tertiary/aromatic N) is 7. The van der Waals surface area contributed by atoms with Gasteiger partial charge in [-0.3, -0.25) is 9.48 Å². The third kappa shape index (κ3) is 2.91. The van der Waals surface area contributed by atoms with E-state index >= 15 is 0 Å². The van der Waals surface area contributed by atoms with Gasteiger partial charge in [0.1, 0.15) is 5.82 Å². The Morgan fingerprint density at radius 2 is 2.04 bits per heavy atom. The molecule has 0 aliphatic carbocycles. The smallest absolute Gasteiger partial charge is 0.274 e. The summed E-state index contributed by atoms with van der Waals surface area (Å²) in [4.78, 5) is 21.5. The van der Waals surface area contributed by atoms with Crippen molar-refractivity contribution in [2.45, 2.75) is 25.8 Å². The van der Waals surface area contributed by atoms with Gasteiger partial charge < -0.3 is 9.80 Å². The number of piperidine rings is 1. The molecule has 0 radical (unpaired) electrons. The Hall–Kier alpha value is -2.90. The van der Waals surface area contributed by atoms with Crippen molar-refractivity contribution in [3.8, 4) is 0 Å². The lowest BCUT2D eigenvalue weighted by molar-refractivity contribution is 0.0702. The summed E-state index contributed by atoms with van der Waals surface area (Å²) in [6.45, 7) is 3.70. The first-order chi connectivity index (χ1) is 12.5. The van der Waals surface area contributed by atoms with Crippen molar-refractivity contribution < 1.29 is 4.79 Å². The van der Waals surface area contributed by atoms with E-state index < -0.39 is 0 Å². The zero-order valence-corrected chi connectivity index (χ0v) is 15.3. The van der Waals surface area contributed by atoms with Gasteiger partial charge in [0.15, 0.2) is 11.3 Å². The van der Waals surface area contributed by atoms with E-state index in [9.17, 15) is 4.79 Å². The topological polar surface area (TPSA) is 71.6 Å². The molecule has 1 amide bonds. The fourth-order valence-corrected chi connectivity index (χ4v) is 3.47. The second kappa shape index (κ2) is 6.44. The lowest BCUT2D eigenvalue weighted by Gasteiger charge is -2.37. The first-order valence-electron chi connectivity index (χ1n) is 8.86. The van der Waals surface area contributed by atoms with E-state index in [0.717, 1.165) is 43.1 Å². The van der Waals surface area contributed by atoms with Crippen LogP contribution in [-0.4, -0.2) is 61.4 Å². The number of hydrogen-bond donors (Lipinski definition) is 0. The van der Waals surface area contributed by atoms with E-state index in [1.54, 1.807) is 15.4 Å². The molecule has 0 N–H and O–H groups in total. The molecule has 0 atom stereocenters. The second-order valence-electron chi connectivity index (χ2n) is 6.85. The Morgan fingerprint density at radius 1 is 1.27 bits per heavy atom. The number of carbonyl (C=O) groups is 1. The summed E-state index contributed by atoms with van der Waals surface area (Å²) >= 11 is 0. The Morgan fingerprint density at radius 3 is 2.73 bits per heavy atom. The minimum absolute atomic E-state index is 0.00838. The third-order valence-electron chi connectivity index (χ3n) is 5.23. The maximum absolute atomic E-state index is 12.7. The minimum Gasteiger partial charge on any atom is -0.356 e. The molecule has 26 heavy (non-hydrogen) atoms. The highest BCUT2D eigenvalue weighted by Crippen LogP contribution is 2.22. The van der Waals surface area contributed by atoms with Crippen molar-refractivity contribution in [1.82, 2.24) is 29.3 Å². The highest BCUT2D eigenvalue weighted by atomic mass is 16.2. The molecule has 3 aromatic rings. The van der Waals surface area contributed by atoms with Crippen LogP contribution in [0.4, 0.5) is 5.82 Å². The van der Waals surface area contributed by atoms with Crippen molar-refractivity contribution in [2.75, 3.05) is 25.0 Å². The lowest BCUT2D eigenvalue weighted by Crippen LogP contribution is -2.46. The van der Waals surface area contributed by atoms with E-state index in [-0.39, 0.29) is 11.9 Å². The number of hydrogen-bond acceptors (Lipinski definition) is 5. The summed E-state index contributed by atoms with van der Waals surface area (Å²) < 4.78 is 3.50. The number of amides is 1. The Balaban J connectivity index is 1.41. The number of rotatable bonds is 3. The quantitative estimate of drug-likeness (QED) is 0.714. The van der Waals surface area contributed by atoms with Crippen molar-refractivity contribution in [3.63, 3.8) is 0 Å². The molecule has 3 aromatic heterocycles. The lowest BCUT2D eigenvalue weighted by atomic mass is 10.0. The Kier molecular flexibility index (Phi) is 4.10. The monoisotopic (exact) mass is 353 g/mol. The predicted molar refractivity (Wildman–Crippen MR) is 98.3 cm³/mol. The van der Waals surface area contributed by atoms with Gasteiger partial charge in [-0.2, -0.15) is 10.2 Å². The average molecular weight is 353 g/mol. The molecule has 1 saturated heterocycles. The zero-order chi connectivity index (χ0) is 18.3. The van der Waals surface area contributed by atoms with Crippen LogP contribution in [0.15, 0.2) is 30.6 Å². The maximum Gasteiger partial charge on any atom is 0.274 e. The first-order valence-corrected chi connectivity index (χ1v) is 8.86. The van der Waals surface area contributed by atoms with E-state index in [0.29, 0.717) is 5.69 Å². The predicted octanol–water partition coefficient (Wildman–Crippen LogP) is 1.51. The van der Waals surface area contributed by atoms with Crippen LogP contribution in [0.5, 0.6) is 0 Å². The van der Waals surface area contributed by atoms with Crippen LogP contribution in [0.1, 0.15) is 29.0 Å². The summed E-state index contributed by atoms with van der Waals surface area (Å²) in [5, 5.41) is 8.49. The molecule has 8 nitrogen and oxygen atoms in total. The van der Waals surface area contributed by atoms with Crippen LogP contribution in [0.3, 0.4) is 0 Å². The number of carbonyl (C=O) groups excluding carboxylic acids is 1. The van der Waals surface area contributed by atoms with Gasteiger partial charge in [0.2, 0.25) is 0 Å². The maximum atomic E-state index is 12.7. The van der Waals surface area contributed by atoms with Crippen LogP contribution in [0.2, 0.25) is 0 Å². The SMILES string of the molecule is Cc1cc(C(=O)N(C)C2CCN(c3ccn4nccc4n3)CC2)nn1C. The minimum atomic E-state index is -0.00838. The molecule has 4 rings (SSSR count). The Bertz CT molecular complexity index is 917. The molecule has 1 aliphatic rings. The van der Waals surface area contributed by atoms with E-state index in [1.807, 2.05) is 50.3 Å². The van der Waals surface area contributed by atoms with Gasteiger partial charge in [-0.1, -0.05) is 0 Å². The largest absolute Gasteiger partial charge is 0.356 e. The average Bonchev–Trinajstić information content (AvgIpc) is 3.26. The molecule has 1 fully saturated rings. The molecule has 0 aromatic carbocycles. The molecule has 1 aliphatic heterocycles. The second-order valence-corrected chi connectivity index (χ2v) is 6.85. The van der Waals surface area contributed by atoms with Gasteiger partial charge >= 0.3 is 0 Å². The summed E-state index contributed by atoms with van der Waals surface area (Å²) in [5.41, 5.74) is 2.35. The zero-order valence-electron chi connectivity index (χ0n) is 15.3. The van der Waals surface area contributed by atoms with Crippen LogP contribution in [0.25, 0.3) is 5.65 Å². The fraction of sp³-hybridized carbons (Fsp3) is 0.444. The van der Waals surface area contributed by atoms with Crippen molar-refractivity contribution >= 4 is 17.4 Å². The molecule has 0 bridgehead atoms. The normalized spacial score (nSPS) is 15.6. The van der Waals surface area contributed by atoms with Gasteiger partial charge in [-0.15, -0.1) is 0 Å². The van der Waals surface area contributed by atoms with Crippen molar-refractivity contribution in [1.29, 1.82) is 0 Å². The summed E-state index contributed by atoms with van der Waals surface area (Å²) in [5.74, 6) is 0.955. The molecule has 0 saturated carbocycles. The van der Waals surface area contributed by atoms with Crippen LogP contribution < -0.4 is 4.90 Å². The van der Waals surface area contributed by atoms with Crippen molar-refractivity contribution in [3.05, 3.63) is 42.0 Å². The van der Waals surface area contributed by atoms with Gasteiger partial charge in [0.05, 0.1) is 6.20 Å². The van der Waals surface area contributed by atoms with Crippen LogP contribution >= 0.6 is 0 Å². The number of anilines is 1. The molecular weight excluding hydrogens is 330 g/mol. The van der Waals surface area contributed by atoms with Crippen molar-refractivity contribution in [2.24, 2.45) is 7.05 Å². The fourth-order valence-electron chi connectivity index (χ4n) is 3.47. The van der Waals surface area contributed by atoms with Gasteiger partial charge in [0, 0.05) is 51.2 Å². The third-order valence-corrected chi connectivity index (χ3v) is 5.23. The highest BCUT2D eigenvalue weighted by Gasteiger charge is 2.27. The van der Waals surface area contributed by atoms with Crippen LogP contribution in [0, 0.1) is 6.92 Å². The number of fused-ring (bicyclic) bond motifs is 1. The first kappa shape index (κ1) is 16.6. The number of aryl methyl sites for hydroxylation is 2. The highest BCUT2D eigenvalue weighted by molar-refractivity contribution is 5.92. The number of aromatic nitrogens is 5. The Labute approximate surface area is 152 Å². The molecule has 4 heterocycles. The van der Waals surface area contributed by atoms with Gasteiger partial charge in [-0.25, -0.2) is 9.50 Å². The van der Waals surface area contributed by atoms with E-state index in [2.05, 4.69) is 20.1 Å². The molecule has 0 unspecified atom stereocenters. The molecule has 136 valence electrons. The standard InChI is InChI=1S/C18H23N7O/c1-13-12-15(21-23(13)3)18(26)22(2)14-5-9-24(10-6-14)16-7-11-25-17(20-16)4-8-19-25/h4,7-8,11-12,14H,5-6,9-10H2,1-3H3. The molecule has 8 heteroatoms. The van der Waals surface area contributed by atoms with E-state index in [1.165, 1.54) is 0 Å². The molecule has 0 spiro atoms. The van der Waals surface area contributed by atoms with Gasteiger partial charge in [-0.05, 0) is 31.9 Å². The molecular formula is C18H23N7O. The van der Waals surface area contributed by atoms with E-state index in [4.69, 9.17) is 0 Å². The van der Waals surface area contributed by atoms with Gasteiger partial charge in [0.25, 0.3) is 5.91 Å². The summed E-state index contributed by atoms with van der Waals surface area (Å²) in [6.07, 6.45) is 5.52. The summed E-state index contributed by atoms with van der Waals surface area (Å²) in [7, 11) is 3.73.